The van der Waals surface area contributed by atoms with Crippen molar-refractivity contribution in [1.29, 1.82) is 0 Å². The number of benzene rings is 2. The molecule has 26 heavy (non-hydrogen) atoms. The molecule has 0 saturated carbocycles. The van der Waals surface area contributed by atoms with Gasteiger partial charge in [0.2, 0.25) is 5.91 Å². The van der Waals surface area contributed by atoms with Crippen LogP contribution in [0.2, 0.25) is 10.0 Å². The summed E-state index contributed by atoms with van der Waals surface area (Å²) < 4.78 is 5.73. The van der Waals surface area contributed by atoms with E-state index in [0.717, 1.165) is 5.69 Å². The molecule has 2 aromatic rings. The van der Waals surface area contributed by atoms with Gasteiger partial charge in [-0.1, -0.05) is 41.4 Å². The first-order valence-corrected chi connectivity index (χ1v) is 8.71. The maximum Gasteiger partial charge on any atom is 0.262 e. The molecule has 8 heteroatoms. The number of hydrogen-bond acceptors (Lipinski definition) is 4. The Labute approximate surface area is 161 Å². The molecule has 0 aromatic heterocycles. The van der Waals surface area contributed by atoms with Crippen LogP contribution in [0.25, 0.3) is 0 Å². The molecule has 3 rings (SSSR count). The molecule has 136 valence electrons. The summed E-state index contributed by atoms with van der Waals surface area (Å²) in [5.74, 6) is 0.00217. The summed E-state index contributed by atoms with van der Waals surface area (Å²) in [7, 11) is 1.54. The third-order valence-corrected chi connectivity index (χ3v) is 4.59. The van der Waals surface area contributed by atoms with Crippen LogP contribution >= 0.6 is 23.2 Å². The van der Waals surface area contributed by atoms with Crippen molar-refractivity contribution >= 4 is 46.4 Å². The van der Waals surface area contributed by atoms with Crippen LogP contribution in [0.4, 0.5) is 11.4 Å². The van der Waals surface area contributed by atoms with E-state index in [1.807, 2.05) is 18.2 Å². The molecule has 1 aliphatic heterocycles. The number of ether oxygens (including phenoxy) is 1. The minimum absolute atomic E-state index is 0.0232. The molecule has 0 spiro atoms. The number of carbonyl (C=O) groups excluding carboxylic acids is 2. The lowest BCUT2D eigenvalue weighted by atomic mass is 10.1. The fraction of sp³-hybridized carbons (Fsp3) is 0.222. The number of hydrogen-bond donors (Lipinski definition) is 2. The van der Waals surface area contributed by atoms with Crippen molar-refractivity contribution in [2.75, 3.05) is 30.4 Å². The highest BCUT2D eigenvalue weighted by Gasteiger charge is 2.31. The Kier molecular flexibility index (Phi) is 5.54. The van der Waals surface area contributed by atoms with Crippen LogP contribution in [0.3, 0.4) is 0 Å². The van der Waals surface area contributed by atoms with Crippen LogP contribution in [0.1, 0.15) is 0 Å². The van der Waals surface area contributed by atoms with Gasteiger partial charge in [0.05, 0.1) is 34.5 Å². The summed E-state index contributed by atoms with van der Waals surface area (Å²) in [6.45, 7) is 0.274. The number of carbonyl (C=O) groups is 2. The minimum atomic E-state index is -0.702. The fourth-order valence-corrected chi connectivity index (χ4v) is 3.22. The highest BCUT2D eigenvalue weighted by Crippen LogP contribution is 2.33. The molecule has 0 aliphatic carbocycles. The van der Waals surface area contributed by atoms with Gasteiger partial charge in [0.25, 0.3) is 5.91 Å². The Hall–Kier alpha value is -2.44. The Morgan fingerprint density at radius 3 is 2.54 bits per heavy atom. The second-order valence-corrected chi connectivity index (χ2v) is 6.53. The first kappa shape index (κ1) is 18.4. The van der Waals surface area contributed by atoms with E-state index < -0.39 is 6.10 Å². The Morgan fingerprint density at radius 1 is 1.15 bits per heavy atom. The lowest BCUT2D eigenvalue weighted by molar-refractivity contribution is -0.127. The van der Waals surface area contributed by atoms with Gasteiger partial charge in [-0.2, -0.15) is 0 Å². The first-order chi connectivity index (χ1) is 12.5. The third kappa shape index (κ3) is 3.86. The number of likely N-dealkylation sites (N-methyl/N-ethyl adjacent to an activating group) is 1. The van der Waals surface area contributed by atoms with E-state index in [1.165, 1.54) is 0 Å². The van der Waals surface area contributed by atoms with Crippen molar-refractivity contribution in [3.05, 3.63) is 52.5 Å². The summed E-state index contributed by atoms with van der Waals surface area (Å²) >= 11 is 12.2. The van der Waals surface area contributed by atoms with Gasteiger partial charge in [0, 0.05) is 7.05 Å². The molecule has 0 radical (unpaired) electrons. The van der Waals surface area contributed by atoms with E-state index >= 15 is 0 Å². The largest absolute Gasteiger partial charge is 0.477 e. The van der Waals surface area contributed by atoms with E-state index in [4.69, 9.17) is 27.9 Å². The van der Waals surface area contributed by atoms with E-state index in [0.29, 0.717) is 21.5 Å². The molecule has 1 heterocycles. The quantitative estimate of drug-likeness (QED) is 0.837. The molecule has 2 aromatic carbocycles. The molecule has 6 nitrogen and oxygen atoms in total. The van der Waals surface area contributed by atoms with E-state index in [2.05, 4.69) is 10.6 Å². The number of amides is 2. The standard InChI is InChI=1S/C18H17Cl2N3O3/c1-21-18(25)15-9-23(13-7-2-3-8-14(13)26-15)10-16(24)22-17-11(19)5-4-6-12(17)20/h2-8,15H,9-10H2,1H3,(H,21,25)(H,22,24)/t15-/m0/s1. The SMILES string of the molecule is CNC(=O)[C@@H]1CN(CC(=O)Nc2c(Cl)cccc2Cl)c2ccccc2O1. The molecule has 2 amide bonds. The number of nitrogens with one attached hydrogen (secondary N) is 2. The zero-order valence-electron chi connectivity index (χ0n) is 14.0. The predicted molar refractivity (Wildman–Crippen MR) is 102 cm³/mol. The molecule has 2 N–H and O–H groups in total. The summed E-state index contributed by atoms with van der Waals surface area (Å²) in [6.07, 6.45) is -0.702. The number of para-hydroxylation sites is 3. The van der Waals surface area contributed by atoms with Crippen LogP contribution in [0.15, 0.2) is 42.5 Å². The van der Waals surface area contributed by atoms with Crippen LogP contribution in [0.5, 0.6) is 5.75 Å². The van der Waals surface area contributed by atoms with Crippen molar-refractivity contribution < 1.29 is 14.3 Å². The second-order valence-electron chi connectivity index (χ2n) is 5.71. The number of halogens is 2. The normalized spacial score (nSPS) is 15.7. The first-order valence-electron chi connectivity index (χ1n) is 7.95. The highest BCUT2D eigenvalue weighted by atomic mass is 35.5. The van der Waals surface area contributed by atoms with Crippen molar-refractivity contribution in [1.82, 2.24) is 5.32 Å². The van der Waals surface area contributed by atoms with E-state index in [9.17, 15) is 9.59 Å². The van der Waals surface area contributed by atoms with Gasteiger partial charge in [-0.3, -0.25) is 9.59 Å². The van der Waals surface area contributed by atoms with E-state index in [-0.39, 0.29) is 24.9 Å². The molecule has 1 aliphatic rings. The molecular formula is C18H17Cl2N3O3. The Morgan fingerprint density at radius 2 is 1.85 bits per heavy atom. The summed E-state index contributed by atoms with van der Waals surface area (Å²) in [4.78, 5) is 26.3. The maximum absolute atomic E-state index is 12.5. The molecule has 0 unspecified atom stereocenters. The average Bonchev–Trinajstić information content (AvgIpc) is 2.64. The fourth-order valence-electron chi connectivity index (χ4n) is 2.72. The second kappa shape index (κ2) is 7.85. The topological polar surface area (TPSA) is 70.7 Å². The smallest absolute Gasteiger partial charge is 0.262 e. The van der Waals surface area contributed by atoms with Crippen LogP contribution < -0.4 is 20.3 Å². The minimum Gasteiger partial charge on any atom is -0.477 e. The van der Waals surface area contributed by atoms with Gasteiger partial charge in [-0.15, -0.1) is 0 Å². The Balaban J connectivity index is 1.79. The van der Waals surface area contributed by atoms with Crippen LogP contribution in [-0.4, -0.2) is 38.1 Å². The van der Waals surface area contributed by atoms with Crippen molar-refractivity contribution in [3.8, 4) is 5.75 Å². The van der Waals surface area contributed by atoms with Crippen molar-refractivity contribution in [3.63, 3.8) is 0 Å². The van der Waals surface area contributed by atoms with Gasteiger partial charge < -0.3 is 20.3 Å². The average molecular weight is 394 g/mol. The molecule has 0 saturated heterocycles. The summed E-state index contributed by atoms with van der Waals surface area (Å²) in [6, 6.07) is 12.3. The lowest BCUT2D eigenvalue weighted by Gasteiger charge is -2.35. The molecule has 0 bridgehead atoms. The predicted octanol–water partition coefficient (Wildman–Crippen LogP) is 2.95. The third-order valence-electron chi connectivity index (χ3n) is 3.96. The monoisotopic (exact) mass is 393 g/mol. The zero-order chi connectivity index (χ0) is 18.7. The Bertz CT molecular complexity index is 824. The van der Waals surface area contributed by atoms with Gasteiger partial charge in [-0.25, -0.2) is 0 Å². The van der Waals surface area contributed by atoms with E-state index in [1.54, 1.807) is 36.2 Å². The number of fused-ring (bicyclic) bond motifs is 1. The number of anilines is 2. The zero-order valence-corrected chi connectivity index (χ0v) is 15.5. The molecular weight excluding hydrogens is 377 g/mol. The maximum atomic E-state index is 12.5. The van der Waals surface area contributed by atoms with Crippen LogP contribution in [0, 0.1) is 0 Å². The van der Waals surface area contributed by atoms with Gasteiger partial charge in [0.1, 0.15) is 5.75 Å². The van der Waals surface area contributed by atoms with Gasteiger partial charge in [-0.05, 0) is 24.3 Å². The van der Waals surface area contributed by atoms with Crippen LogP contribution in [-0.2, 0) is 9.59 Å². The number of rotatable bonds is 4. The lowest BCUT2D eigenvalue weighted by Crippen LogP contribution is -2.50. The number of nitrogens with zero attached hydrogens (tertiary/aromatic N) is 1. The highest BCUT2D eigenvalue weighted by molar-refractivity contribution is 6.39. The summed E-state index contributed by atoms with van der Waals surface area (Å²) in [5, 5.41) is 6.01. The van der Waals surface area contributed by atoms with Gasteiger partial charge >= 0.3 is 0 Å². The molecule has 1 atom stereocenters. The van der Waals surface area contributed by atoms with Crippen molar-refractivity contribution in [2.24, 2.45) is 0 Å². The molecule has 0 fully saturated rings. The summed E-state index contributed by atoms with van der Waals surface area (Å²) in [5.41, 5.74) is 1.11. The van der Waals surface area contributed by atoms with Crippen molar-refractivity contribution in [2.45, 2.75) is 6.10 Å². The van der Waals surface area contributed by atoms with Gasteiger partial charge in [0.15, 0.2) is 6.10 Å².